The van der Waals surface area contributed by atoms with E-state index in [9.17, 15) is 9.59 Å². The zero-order valence-corrected chi connectivity index (χ0v) is 17.7. The number of carbonyl (C=O) groups excluding carboxylic acids is 2. The molecule has 0 aliphatic carbocycles. The van der Waals surface area contributed by atoms with E-state index in [4.69, 9.17) is 0 Å². The van der Waals surface area contributed by atoms with Crippen molar-refractivity contribution in [3.8, 4) is 0 Å². The number of likely N-dealkylation sites (tertiary alicyclic amines) is 1. The highest BCUT2D eigenvalue weighted by Gasteiger charge is 2.57. The SMILES string of the molecule is CC(C)CCN1C(=O)N(CC(C)C)C(=O)C12CCN(C1CCSC1)CC2. The lowest BCUT2D eigenvalue weighted by atomic mass is 9.84. The Labute approximate surface area is 162 Å². The third-order valence-electron chi connectivity index (χ3n) is 6.15. The van der Waals surface area contributed by atoms with E-state index in [0.29, 0.717) is 31.0 Å². The van der Waals surface area contributed by atoms with Crippen molar-refractivity contribution in [2.45, 2.75) is 65.0 Å². The third kappa shape index (κ3) is 3.77. The molecule has 26 heavy (non-hydrogen) atoms. The monoisotopic (exact) mass is 381 g/mol. The van der Waals surface area contributed by atoms with E-state index in [-0.39, 0.29) is 11.9 Å². The van der Waals surface area contributed by atoms with E-state index in [1.807, 2.05) is 16.7 Å². The molecular weight excluding hydrogens is 346 g/mol. The van der Waals surface area contributed by atoms with Crippen LogP contribution in [0.4, 0.5) is 4.79 Å². The molecule has 148 valence electrons. The Morgan fingerprint density at radius 3 is 2.35 bits per heavy atom. The highest BCUT2D eigenvalue weighted by Crippen LogP contribution is 2.39. The van der Waals surface area contributed by atoms with Gasteiger partial charge in [0.05, 0.1) is 0 Å². The van der Waals surface area contributed by atoms with Gasteiger partial charge in [0.25, 0.3) is 5.91 Å². The molecule has 1 spiro atoms. The van der Waals surface area contributed by atoms with E-state index in [2.05, 4.69) is 32.6 Å². The number of hydrogen-bond acceptors (Lipinski definition) is 4. The maximum atomic E-state index is 13.4. The van der Waals surface area contributed by atoms with Gasteiger partial charge in [-0.25, -0.2) is 4.79 Å². The van der Waals surface area contributed by atoms with E-state index in [1.165, 1.54) is 17.9 Å². The molecule has 0 bridgehead atoms. The molecule has 0 aromatic rings. The van der Waals surface area contributed by atoms with Gasteiger partial charge in [-0.05, 0) is 43.3 Å². The van der Waals surface area contributed by atoms with Crippen LogP contribution in [0, 0.1) is 11.8 Å². The fraction of sp³-hybridized carbons (Fsp3) is 0.900. The van der Waals surface area contributed by atoms with Gasteiger partial charge in [-0.1, -0.05) is 27.7 Å². The number of piperidine rings is 1. The first-order chi connectivity index (χ1) is 12.3. The molecule has 0 N–H and O–H groups in total. The van der Waals surface area contributed by atoms with Crippen LogP contribution in [0.5, 0.6) is 0 Å². The third-order valence-corrected chi connectivity index (χ3v) is 7.29. The summed E-state index contributed by atoms with van der Waals surface area (Å²) in [5.74, 6) is 3.38. The lowest BCUT2D eigenvalue weighted by molar-refractivity contribution is -0.136. The Morgan fingerprint density at radius 1 is 1.12 bits per heavy atom. The fourth-order valence-electron chi connectivity index (χ4n) is 4.56. The molecule has 0 aromatic heterocycles. The van der Waals surface area contributed by atoms with Crippen LogP contribution in [0.15, 0.2) is 0 Å². The van der Waals surface area contributed by atoms with Crippen molar-refractivity contribution in [2.75, 3.05) is 37.7 Å². The second kappa shape index (κ2) is 8.09. The molecule has 3 saturated heterocycles. The molecule has 6 heteroatoms. The van der Waals surface area contributed by atoms with Crippen molar-refractivity contribution < 1.29 is 9.59 Å². The first-order valence-corrected chi connectivity index (χ1v) is 11.5. The Balaban J connectivity index is 1.77. The normalized spacial score (nSPS) is 26.9. The number of nitrogens with zero attached hydrogens (tertiary/aromatic N) is 3. The van der Waals surface area contributed by atoms with Crippen molar-refractivity contribution in [1.82, 2.24) is 14.7 Å². The predicted molar refractivity (Wildman–Crippen MR) is 107 cm³/mol. The molecule has 3 aliphatic heterocycles. The van der Waals surface area contributed by atoms with Crippen LogP contribution >= 0.6 is 11.8 Å². The average Bonchev–Trinajstić information content (AvgIpc) is 3.18. The summed E-state index contributed by atoms with van der Waals surface area (Å²) in [5.41, 5.74) is -0.580. The van der Waals surface area contributed by atoms with E-state index in [1.54, 1.807) is 4.90 Å². The fourth-order valence-corrected chi connectivity index (χ4v) is 5.81. The number of carbonyl (C=O) groups is 2. The summed E-state index contributed by atoms with van der Waals surface area (Å²) < 4.78 is 0. The first-order valence-electron chi connectivity index (χ1n) is 10.3. The number of thioether (sulfide) groups is 1. The molecule has 0 aromatic carbocycles. The topological polar surface area (TPSA) is 43.9 Å². The summed E-state index contributed by atoms with van der Waals surface area (Å²) in [6.07, 6.45) is 3.82. The maximum Gasteiger partial charge on any atom is 0.327 e. The van der Waals surface area contributed by atoms with Crippen molar-refractivity contribution in [2.24, 2.45) is 11.8 Å². The molecule has 0 radical (unpaired) electrons. The average molecular weight is 382 g/mol. The molecule has 1 atom stereocenters. The maximum absolute atomic E-state index is 13.4. The van der Waals surface area contributed by atoms with E-state index in [0.717, 1.165) is 32.4 Å². The second-order valence-electron chi connectivity index (χ2n) is 9.01. The van der Waals surface area contributed by atoms with Gasteiger partial charge >= 0.3 is 6.03 Å². The van der Waals surface area contributed by atoms with Gasteiger partial charge in [0.2, 0.25) is 0 Å². The quantitative estimate of drug-likeness (QED) is 0.662. The van der Waals surface area contributed by atoms with Crippen molar-refractivity contribution in [3.63, 3.8) is 0 Å². The smallest absolute Gasteiger partial charge is 0.309 e. The molecule has 0 saturated carbocycles. The lowest BCUT2D eigenvalue weighted by Gasteiger charge is -2.44. The summed E-state index contributed by atoms with van der Waals surface area (Å²) in [4.78, 5) is 32.5. The van der Waals surface area contributed by atoms with Crippen LogP contribution in [-0.4, -0.2) is 75.9 Å². The van der Waals surface area contributed by atoms with Crippen LogP contribution in [0.25, 0.3) is 0 Å². The van der Waals surface area contributed by atoms with E-state index < -0.39 is 5.54 Å². The van der Waals surface area contributed by atoms with Gasteiger partial charge < -0.3 is 4.90 Å². The van der Waals surface area contributed by atoms with Gasteiger partial charge in [-0.2, -0.15) is 11.8 Å². The molecule has 1 unspecified atom stereocenters. The highest BCUT2D eigenvalue weighted by atomic mass is 32.2. The van der Waals surface area contributed by atoms with Crippen molar-refractivity contribution in [1.29, 1.82) is 0 Å². The summed E-state index contributed by atoms with van der Waals surface area (Å²) in [6.45, 7) is 11.6. The van der Waals surface area contributed by atoms with Crippen LogP contribution < -0.4 is 0 Å². The van der Waals surface area contributed by atoms with Crippen LogP contribution in [0.1, 0.15) is 53.4 Å². The number of imide groups is 1. The molecule has 3 rings (SSSR count). The zero-order valence-electron chi connectivity index (χ0n) is 16.9. The summed E-state index contributed by atoms with van der Waals surface area (Å²) in [5, 5.41) is 0. The van der Waals surface area contributed by atoms with Crippen molar-refractivity contribution in [3.05, 3.63) is 0 Å². The summed E-state index contributed by atoms with van der Waals surface area (Å²) in [6, 6.07) is 0.620. The predicted octanol–water partition coefficient (Wildman–Crippen LogP) is 3.29. The van der Waals surface area contributed by atoms with Gasteiger partial charge in [0, 0.05) is 38.0 Å². The van der Waals surface area contributed by atoms with Crippen LogP contribution in [0.3, 0.4) is 0 Å². The summed E-state index contributed by atoms with van der Waals surface area (Å²) in [7, 11) is 0. The largest absolute Gasteiger partial charge is 0.327 e. The minimum absolute atomic E-state index is 0.0470. The number of amides is 3. The zero-order chi connectivity index (χ0) is 18.9. The standard InChI is InChI=1S/C20H35N3O2S/c1-15(2)5-9-23-19(25)22(13-16(3)4)18(24)20(23)7-10-21(11-8-20)17-6-12-26-14-17/h15-17H,5-14H2,1-4H3. The summed E-state index contributed by atoms with van der Waals surface area (Å²) >= 11 is 2.04. The van der Waals surface area contributed by atoms with Crippen LogP contribution in [0.2, 0.25) is 0 Å². The second-order valence-corrected chi connectivity index (χ2v) is 10.2. The highest BCUT2D eigenvalue weighted by molar-refractivity contribution is 7.99. The Kier molecular flexibility index (Phi) is 6.22. The minimum Gasteiger partial charge on any atom is -0.309 e. The molecule has 3 heterocycles. The number of hydrogen-bond donors (Lipinski definition) is 0. The molecule has 3 amide bonds. The number of urea groups is 1. The Bertz CT molecular complexity index is 523. The number of rotatable bonds is 6. The molecule has 3 fully saturated rings. The minimum atomic E-state index is -0.580. The Morgan fingerprint density at radius 2 is 1.81 bits per heavy atom. The molecule has 5 nitrogen and oxygen atoms in total. The molecule has 3 aliphatic rings. The first kappa shape index (κ1) is 20.0. The molecular formula is C20H35N3O2S. The van der Waals surface area contributed by atoms with Crippen molar-refractivity contribution >= 4 is 23.7 Å². The van der Waals surface area contributed by atoms with Gasteiger partial charge in [0.1, 0.15) is 5.54 Å². The van der Waals surface area contributed by atoms with Gasteiger partial charge in [0.15, 0.2) is 0 Å². The van der Waals surface area contributed by atoms with Crippen LogP contribution in [-0.2, 0) is 4.79 Å². The lowest BCUT2D eigenvalue weighted by Crippen LogP contribution is -2.58. The van der Waals surface area contributed by atoms with Gasteiger partial charge in [-0.3, -0.25) is 14.6 Å². The van der Waals surface area contributed by atoms with E-state index >= 15 is 0 Å². The van der Waals surface area contributed by atoms with Gasteiger partial charge in [-0.15, -0.1) is 0 Å². The Hall–Kier alpha value is -0.750.